The van der Waals surface area contributed by atoms with Gasteiger partial charge in [0.05, 0.1) is 11.4 Å². The maximum Gasteiger partial charge on any atom is 0.199 e. The number of nitrogens with one attached hydrogen (secondary N) is 1. The number of aromatic nitrogens is 4. The molecule has 2 aromatic heterocycles. The SMILES string of the molecule is CC(C)(C)c1nc2c[nH]nc2nc1C(C)(C)C. The zero-order valence-electron chi connectivity index (χ0n) is 11.4. The zero-order valence-corrected chi connectivity index (χ0v) is 11.4. The molecule has 2 aromatic rings. The Morgan fingerprint density at radius 1 is 0.882 bits per heavy atom. The van der Waals surface area contributed by atoms with Crippen molar-refractivity contribution in [1.82, 2.24) is 20.2 Å². The van der Waals surface area contributed by atoms with Crippen LogP contribution in [-0.2, 0) is 10.8 Å². The van der Waals surface area contributed by atoms with Crippen molar-refractivity contribution in [3.05, 3.63) is 17.6 Å². The van der Waals surface area contributed by atoms with Gasteiger partial charge in [-0.25, -0.2) is 9.97 Å². The van der Waals surface area contributed by atoms with Gasteiger partial charge in [-0.05, 0) is 0 Å². The fourth-order valence-corrected chi connectivity index (χ4v) is 1.82. The standard InChI is InChI=1S/C13H20N4/c1-12(2,3)9-10(13(4,5)6)16-11-8(15-9)7-14-17-11/h7H,1-6H3,(H,14,16,17). The molecule has 2 rings (SSSR count). The average Bonchev–Trinajstić information content (AvgIpc) is 2.59. The number of aromatic amines is 1. The molecule has 0 aliphatic rings. The van der Waals surface area contributed by atoms with Crippen molar-refractivity contribution in [3.63, 3.8) is 0 Å². The molecule has 92 valence electrons. The van der Waals surface area contributed by atoms with Gasteiger partial charge in [-0.15, -0.1) is 0 Å². The summed E-state index contributed by atoms with van der Waals surface area (Å²) >= 11 is 0. The van der Waals surface area contributed by atoms with Gasteiger partial charge in [0.15, 0.2) is 5.65 Å². The van der Waals surface area contributed by atoms with Crippen molar-refractivity contribution in [2.45, 2.75) is 52.4 Å². The Morgan fingerprint density at radius 2 is 1.41 bits per heavy atom. The zero-order chi connectivity index (χ0) is 12.8. The third-order valence-corrected chi connectivity index (χ3v) is 2.70. The van der Waals surface area contributed by atoms with E-state index in [1.165, 1.54) is 0 Å². The van der Waals surface area contributed by atoms with E-state index >= 15 is 0 Å². The molecule has 0 radical (unpaired) electrons. The average molecular weight is 232 g/mol. The van der Waals surface area contributed by atoms with Gasteiger partial charge >= 0.3 is 0 Å². The van der Waals surface area contributed by atoms with Crippen LogP contribution in [0.1, 0.15) is 52.9 Å². The lowest BCUT2D eigenvalue weighted by atomic mass is 9.81. The Hall–Kier alpha value is -1.45. The second-order valence-corrected chi connectivity index (χ2v) is 6.51. The first kappa shape index (κ1) is 12.0. The maximum absolute atomic E-state index is 4.72. The van der Waals surface area contributed by atoms with E-state index in [2.05, 4.69) is 56.7 Å². The minimum atomic E-state index is -0.0250. The molecule has 0 atom stereocenters. The van der Waals surface area contributed by atoms with Gasteiger partial charge in [-0.3, -0.25) is 5.10 Å². The Labute approximate surface area is 102 Å². The van der Waals surface area contributed by atoms with Gasteiger partial charge < -0.3 is 0 Å². The molecule has 0 saturated carbocycles. The smallest absolute Gasteiger partial charge is 0.199 e. The highest BCUT2D eigenvalue weighted by Gasteiger charge is 2.29. The summed E-state index contributed by atoms with van der Waals surface area (Å²) in [5, 5.41) is 6.94. The van der Waals surface area contributed by atoms with Crippen LogP contribution in [0.2, 0.25) is 0 Å². The van der Waals surface area contributed by atoms with Crippen LogP contribution in [0.5, 0.6) is 0 Å². The number of rotatable bonds is 0. The van der Waals surface area contributed by atoms with Crippen molar-refractivity contribution in [1.29, 1.82) is 0 Å². The third-order valence-electron chi connectivity index (χ3n) is 2.70. The van der Waals surface area contributed by atoms with Crippen molar-refractivity contribution < 1.29 is 0 Å². The molecule has 1 N–H and O–H groups in total. The molecule has 4 nitrogen and oxygen atoms in total. The minimum absolute atomic E-state index is 0.0128. The van der Waals surface area contributed by atoms with E-state index in [1.54, 1.807) is 6.20 Å². The second kappa shape index (κ2) is 3.52. The first-order valence-electron chi connectivity index (χ1n) is 5.92. The molecule has 0 spiro atoms. The maximum atomic E-state index is 4.72. The highest BCUT2D eigenvalue weighted by molar-refractivity contribution is 5.69. The van der Waals surface area contributed by atoms with E-state index in [0.717, 1.165) is 16.9 Å². The molecule has 4 heteroatoms. The van der Waals surface area contributed by atoms with Crippen LogP contribution in [-0.4, -0.2) is 20.2 Å². The predicted octanol–water partition coefficient (Wildman–Crippen LogP) is 2.95. The van der Waals surface area contributed by atoms with Gasteiger partial charge in [0, 0.05) is 17.0 Å². The van der Waals surface area contributed by atoms with Gasteiger partial charge in [-0.2, -0.15) is 5.10 Å². The van der Waals surface area contributed by atoms with E-state index in [9.17, 15) is 0 Å². The summed E-state index contributed by atoms with van der Waals surface area (Å²) in [4.78, 5) is 9.38. The lowest BCUT2D eigenvalue weighted by Gasteiger charge is -2.27. The number of hydrogen-bond donors (Lipinski definition) is 1. The molecular weight excluding hydrogens is 212 g/mol. The molecule has 17 heavy (non-hydrogen) atoms. The number of nitrogens with zero attached hydrogens (tertiary/aromatic N) is 3. The largest absolute Gasteiger partial charge is 0.281 e. The fraction of sp³-hybridized carbons (Fsp3) is 0.615. The first-order valence-corrected chi connectivity index (χ1v) is 5.92. The molecule has 0 aliphatic carbocycles. The molecule has 0 unspecified atom stereocenters. The quantitative estimate of drug-likeness (QED) is 0.759. The van der Waals surface area contributed by atoms with Gasteiger partial charge in [0.25, 0.3) is 0 Å². The molecule has 0 bridgehead atoms. The molecule has 0 amide bonds. The second-order valence-electron chi connectivity index (χ2n) is 6.51. The summed E-state index contributed by atoms with van der Waals surface area (Å²) in [5.74, 6) is 0. The summed E-state index contributed by atoms with van der Waals surface area (Å²) in [6.07, 6.45) is 1.80. The van der Waals surface area contributed by atoms with E-state index < -0.39 is 0 Å². The number of fused-ring (bicyclic) bond motifs is 1. The normalized spacial score (nSPS) is 13.3. The van der Waals surface area contributed by atoms with E-state index in [0.29, 0.717) is 5.65 Å². The Balaban J connectivity index is 2.78. The predicted molar refractivity (Wildman–Crippen MR) is 69.1 cm³/mol. The van der Waals surface area contributed by atoms with E-state index in [-0.39, 0.29) is 10.8 Å². The van der Waals surface area contributed by atoms with Crippen LogP contribution in [0.3, 0.4) is 0 Å². The highest BCUT2D eigenvalue weighted by Crippen LogP contribution is 2.31. The minimum Gasteiger partial charge on any atom is -0.281 e. The molecule has 0 saturated heterocycles. The van der Waals surface area contributed by atoms with Crippen LogP contribution >= 0.6 is 0 Å². The lowest BCUT2D eigenvalue weighted by molar-refractivity contribution is 0.502. The van der Waals surface area contributed by atoms with Crippen LogP contribution in [0.4, 0.5) is 0 Å². The monoisotopic (exact) mass is 232 g/mol. The lowest BCUT2D eigenvalue weighted by Crippen LogP contribution is -2.25. The van der Waals surface area contributed by atoms with E-state index in [1.807, 2.05) is 0 Å². The van der Waals surface area contributed by atoms with Crippen LogP contribution in [0, 0.1) is 0 Å². The first-order chi connectivity index (χ1) is 7.69. The summed E-state index contributed by atoms with van der Waals surface area (Å²) < 4.78 is 0. The van der Waals surface area contributed by atoms with Crippen LogP contribution in [0.25, 0.3) is 11.2 Å². The van der Waals surface area contributed by atoms with Gasteiger partial charge in [-0.1, -0.05) is 41.5 Å². The third kappa shape index (κ3) is 2.16. The molecular formula is C13H20N4. The van der Waals surface area contributed by atoms with Gasteiger partial charge in [0.2, 0.25) is 0 Å². The summed E-state index contributed by atoms with van der Waals surface area (Å²) in [7, 11) is 0. The fourth-order valence-electron chi connectivity index (χ4n) is 1.82. The summed E-state index contributed by atoms with van der Waals surface area (Å²) in [6, 6.07) is 0. The molecule has 0 aliphatic heterocycles. The van der Waals surface area contributed by atoms with E-state index in [4.69, 9.17) is 4.98 Å². The number of hydrogen-bond acceptors (Lipinski definition) is 3. The summed E-state index contributed by atoms with van der Waals surface area (Å²) in [5.41, 5.74) is 3.58. The molecule has 0 fully saturated rings. The van der Waals surface area contributed by atoms with Crippen molar-refractivity contribution in [2.75, 3.05) is 0 Å². The highest BCUT2D eigenvalue weighted by atomic mass is 15.2. The van der Waals surface area contributed by atoms with Crippen molar-refractivity contribution >= 4 is 11.2 Å². The topological polar surface area (TPSA) is 54.5 Å². The van der Waals surface area contributed by atoms with Crippen LogP contribution < -0.4 is 0 Å². The van der Waals surface area contributed by atoms with Crippen molar-refractivity contribution in [3.8, 4) is 0 Å². The van der Waals surface area contributed by atoms with Crippen molar-refractivity contribution in [2.24, 2.45) is 0 Å². The molecule has 0 aromatic carbocycles. The summed E-state index contributed by atoms with van der Waals surface area (Å²) in [6.45, 7) is 13.0. The Bertz CT molecular complexity index is 493. The Kier molecular flexibility index (Phi) is 2.49. The number of H-pyrrole nitrogens is 1. The van der Waals surface area contributed by atoms with Crippen LogP contribution in [0.15, 0.2) is 6.20 Å². The Morgan fingerprint density at radius 3 is 1.94 bits per heavy atom. The molecule has 2 heterocycles. The van der Waals surface area contributed by atoms with Gasteiger partial charge in [0.1, 0.15) is 5.52 Å².